The number of carboxylic acids is 1. The van der Waals surface area contributed by atoms with E-state index in [1.165, 1.54) is 11.3 Å². The molecule has 0 saturated carbocycles. The van der Waals surface area contributed by atoms with Crippen LogP contribution in [-0.4, -0.2) is 31.6 Å². The van der Waals surface area contributed by atoms with Crippen LogP contribution in [0.3, 0.4) is 0 Å². The Morgan fingerprint density at radius 2 is 1.67 bits per heavy atom. The highest BCUT2D eigenvalue weighted by molar-refractivity contribution is 7.22. The molecule has 0 bridgehead atoms. The van der Waals surface area contributed by atoms with Crippen LogP contribution in [-0.2, 0) is 16.1 Å². The average molecular weight is 650 g/mol. The highest BCUT2D eigenvalue weighted by Crippen LogP contribution is 2.44. The minimum atomic E-state index is -1.18. The fourth-order valence-corrected chi connectivity index (χ4v) is 6.48. The summed E-state index contributed by atoms with van der Waals surface area (Å²) in [6.45, 7) is 7.90. The van der Waals surface area contributed by atoms with Crippen molar-refractivity contribution < 1.29 is 19.4 Å². The second kappa shape index (κ2) is 13.0. The summed E-state index contributed by atoms with van der Waals surface area (Å²) in [5.41, 5.74) is 6.63. The summed E-state index contributed by atoms with van der Waals surface area (Å²) in [5.74, 6) is -0.521. The van der Waals surface area contributed by atoms with Gasteiger partial charge in [-0.3, -0.25) is 4.98 Å². The maximum Gasteiger partial charge on any atom is 0.337 e. The quantitative estimate of drug-likeness (QED) is 0.167. The summed E-state index contributed by atoms with van der Waals surface area (Å²) in [5, 5.41) is 11.7. The lowest BCUT2D eigenvalue weighted by atomic mass is 9.91. The van der Waals surface area contributed by atoms with Crippen molar-refractivity contribution in [1.29, 1.82) is 0 Å². The number of carboxylic acid groups (broad SMARTS) is 1. The molecule has 0 radical (unpaired) electrons. The predicted molar refractivity (Wildman–Crippen MR) is 183 cm³/mol. The number of ether oxygens (including phenoxy) is 2. The molecule has 3 aromatic carbocycles. The van der Waals surface area contributed by atoms with Crippen molar-refractivity contribution in [2.75, 3.05) is 0 Å². The Morgan fingerprint density at radius 1 is 0.935 bits per heavy atom. The molecule has 6 rings (SSSR count). The summed E-state index contributed by atoms with van der Waals surface area (Å²) in [6, 6.07) is 27.0. The summed E-state index contributed by atoms with van der Waals surface area (Å²) >= 11 is 7.74. The minimum absolute atomic E-state index is 0.438. The van der Waals surface area contributed by atoms with Gasteiger partial charge in [0.15, 0.2) is 6.10 Å². The fraction of sp³-hybridized carbons (Fsp3) is 0.189. The van der Waals surface area contributed by atoms with E-state index in [4.69, 9.17) is 26.1 Å². The molecule has 9 heteroatoms. The van der Waals surface area contributed by atoms with Gasteiger partial charge in [0.05, 0.1) is 21.5 Å². The van der Waals surface area contributed by atoms with Gasteiger partial charge in [0, 0.05) is 45.7 Å². The van der Waals surface area contributed by atoms with Crippen molar-refractivity contribution in [3.8, 4) is 38.8 Å². The smallest absolute Gasteiger partial charge is 0.337 e. The number of rotatable bonds is 9. The number of benzene rings is 3. The third-order valence-electron chi connectivity index (χ3n) is 7.29. The molecule has 1 atom stereocenters. The first-order valence-electron chi connectivity index (χ1n) is 14.8. The molecule has 0 amide bonds. The molecular formula is C37H32ClN3O4S. The summed E-state index contributed by atoms with van der Waals surface area (Å²) in [7, 11) is 0. The lowest BCUT2D eigenvalue weighted by molar-refractivity contribution is -0.160. The summed E-state index contributed by atoms with van der Waals surface area (Å²) in [6.07, 6.45) is 2.32. The van der Waals surface area contributed by atoms with E-state index in [1.54, 1.807) is 24.5 Å². The van der Waals surface area contributed by atoms with Gasteiger partial charge in [0.1, 0.15) is 11.6 Å². The molecule has 0 fully saturated rings. The van der Waals surface area contributed by atoms with Crippen molar-refractivity contribution in [3.63, 3.8) is 0 Å². The van der Waals surface area contributed by atoms with Gasteiger partial charge < -0.3 is 14.6 Å². The lowest BCUT2D eigenvalue weighted by Crippen LogP contribution is -2.28. The van der Waals surface area contributed by atoms with Crippen LogP contribution in [0.5, 0.6) is 5.88 Å². The van der Waals surface area contributed by atoms with Gasteiger partial charge in [-0.25, -0.2) is 14.8 Å². The van der Waals surface area contributed by atoms with E-state index in [1.807, 2.05) is 100 Å². The standard InChI is InChI=1S/C37H32ClN3O4S/c1-22-18-29-34(32(24-10-13-27(38)14-11-24)31(22)33(36(42)43)45-37(2,3)4)46-35(41-29)25-16-17-39-28(19-25)26-12-15-30(40-20-26)44-21-23-8-6-5-7-9-23/h5-20,33H,21H2,1-4H3,(H,42,43)/t33-/m0/s1. The van der Waals surface area contributed by atoms with E-state index in [0.717, 1.165) is 54.3 Å². The van der Waals surface area contributed by atoms with E-state index >= 15 is 0 Å². The summed E-state index contributed by atoms with van der Waals surface area (Å²) < 4.78 is 12.8. The molecular weight excluding hydrogens is 618 g/mol. The zero-order valence-electron chi connectivity index (χ0n) is 25.8. The van der Waals surface area contributed by atoms with E-state index in [2.05, 4.69) is 9.97 Å². The molecule has 0 spiro atoms. The van der Waals surface area contributed by atoms with Crippen LogP contribution < -0.4 is 4.74 Å². The van der Waals surface area contributed by atoms with Gasteiger partial charge in [0.2, 0.25) is 5.88 Å². The van der Waals surface area contributed by atoms with Crippen LogP contribution in [0.2, 0.25) is 5.02 Å². The molecule has 7 nitrogen and oxygen atoms in total. The van der Waals surface area contributed by atoms with Gasteiger partial charge >= 0.3 is 5.97 Å². The van der Waals surface area contributed by atoms with E-state index in [9.17, 15) is 9.90 Å². The number of aromatic nitrogens is 3. The van der Waals surface area contributed by atoms with Crippen LogP contribution >= 0.6 is 22.9 Å². The van der Waals surface area contributed by atoms with Crippen LogP contribution in [0.25, 0.3) is 43.2 Å². The maximum absolute atomic E-state index is 12.6. The van der Waals surface area contributed by atoms with Crippen LogP contribution in [0.15, 0.2) is 97.3 Å². The number of fused-ring (bicyclic) bond motifs is 1. The molecule has 0 aliphatic carbocycles. The Morgan fingerprint density at radius 3 is 2.35 bits per heavy atom. The van der Waals surface area contributed by atoms with Crippen LogP contribution in [0, 0.1) is 6.92 Å². The molecule has 0 saturated heterocycles. The second-order valence-corrected chi connectivity index (χ2v) is 13.3. The van der Waals surface area contributed by atoms with Gasteiger partial charge in [-0.05, 0) is 80.8 Å². The van der Waals surface area contributed by atoms with E-state index in [-0.39, 0.29) is 0 Å². The predicted octanol–water partition coefficient (Wildman–Crippen LogP) is 9.57. The van der Waals surface area contributed by atoms with Crippen molar-refractivity contribution in [2.24, 2.45) is 0 Å². The average Bonchev–Trinajstić information content (AvgIpc) is 3.47. The van der Waals surface area contributed by atoms with Gasteiger partial charge in [-0.1, -0.05) is 54.1 Å². The number of hydrogen-bond acceptors (Lipinski definition) is 7. The molecule has 0 aliphatic heterocycles. The Hall–Kier alpha value is -4.63. The van der Waals surface area contributed by atoms with Crippen molar-refractivity contribution >= 4 is 39.1 Å². The van der Waals surface area contributed by atoms with Crippen molar-refractivity contribution in [2.45, 2.75) is 46.0 Å². The zero-order valence-corrected chi connectivity index (χ0v) is 27.4. The largest absolute Gasteiger partial charge is 0.479 e. The molecule has 0 aliphatic rings. The number of carbonyl (C=O) groups is 1. The molecule has 232 valence electrons. The molecule has 3 heterocycles. The van der Waals surface area contributed by atoms with Gasteiger partial charge in [-0.15, -0.1) is 11.3 Å². The second-order valence-electron chi connectivity index (χ2n) is 11.9. The Balaban J connectivity index is 1.39. The highest BCUT2D eigenvalue weighted by Gasteiger charge is 2.32. The number of thiazole rings is 1. The Labute approximate surface area is 276 Å². The first-order chi connectivity index (χ1) is 22.1. The van der Waals surface area contributed by atoms with Crippen molar-refractivity contribution in [3.05, 3.63) is 119 Å². The van der Waals surface area contributed by atoms with Gasteiger partial charge in [-0.2, -0.15) is 0 Å². The van der Waals surface area contributed by atoms with E-state index < -0.39 is 17.7 Å². The molecule has 3 aromatic heterocycles. The number of halogens is 1. The minimum Gasteiger partial charge on any atom is -0.479 e. The normalized spacial score (nSPS) is 12.3. The zero-order chi connectivity index (χ0) is 32.4. The first kappa shape index (κ1) is 31.4. The molecule has 0 unspecified atom stereocenters. The van der Waals surface area contributed by atoms with Crippen molar-refractivity contribution in [1.82, 2.24) is 15.0 Å². The van der Waals surface area contributed by atoms with Gasteiger partial charge in [0.25, 0.3) is 0 Å². The fourth-order valence-electron chi connectivity index (χ4n) is 5.23. The number of pyridine rings is 2. The molecule has 1 N–H and O–H groups in total. The first-order valence-corrected chi connectivity index (χ1v) is 16.0. The van der Waals surface area contributed by atoms with Crippen LogP contribution in [0.4, 0.5) is 0 Å². The number of aliphatic carboxylic acids is 1. The lowest BCUT2D eigenvalue weighted by Gasteiger charge is -2.28. The van der Waals surface area contributed by atoms with E-state index in [0.29, 0.717) is 23.1 Å². The Kier molecular flexibility index (Phi) is 8.86. The molecule has 46 heavy (non-hydrogen) atoms. The topological polar surface area (TPSA) is 94.4 Å². The molecule has 6 aromatic rings. The Bertz CT molecular complexity index is 2000. The maximum atomic E-state index is 12.6. The number of nitrogens with zero attached hydrogens (tertiary/aromatic N) is 3. The number of hydrogen-bond donors (Lipinski definition) is 1. The van der Waals surface area contributed by atoms with Crippen LogP contribution in [0.1, 0.15) is 43.6 Å². The monoisotopic (exact) mass is 649 g/mol. The SMILES string of the molecule is Cc1cc2nc(-c3ccnc(-c4ccc(OCc5ccccc5)nc4)c3)sc2c(-c2ccc(Cl)cc2)c1[C@H](OC(C)(C)C)C(=O)O. The number of aryl methyl sites for hydroxylation is 1. The highest BCUT2D eigenvalue weighted by atomic mass is 35.5. The third kappa shape index (κ3) is 6.94. The third-order valence-corrected chi connectivity index (χ3v) is 8.68. The summed E-state index contributed by atoms with van der Waals surface area (Å²) in [4.78, 5) is 26.7.